The van der Waals surface area contributed by atoms with Crippen molar-refractivity contribution < 1.29 is 4.74 Å². The average Bonchev–Trinajstić information content (AvgIpc) is 3.03. The maximum Gasteiger partial charge on any atom is 0.131 e. The molecule has 0 unspecified atom stereocenters. The molecule has 3 aromatic rings. The lowest BCUT2D eigenvalue weighted by Gasteiger charge is -2.32. The Morgan fingerprint density at radius 2 is 1.81 bits per heavy atom. The molecule has 1 fully saturated rings. The van der Waals surface area contributed by atoms with E-state index in [4.69, 9.17) is 14.8 Å². The second-order valence-corrected chi connectivity index (χ2v) is 8.52. The molecule has 0 radical (unpaired) electrons. The van der Waals surface area contributed by atoms with Crippen LogP contribution >= 0.6 is 0 Å². The van der Waals surface area contributed by atoms with Crippen molar-refractivity contribution >= 4 is 11.6 Å². The molecule has 1 saturated heterocycles. The highest BCUT2D eigenvalue weighted by atomic mass is 16.5. The van der Waals surface area contributed by atoms with Gasteiger partial charge in [-0.3, -0.25) is 9.58 Å². The number of pyridine rings is 2. The summed E-state index contributed by atoms with van der Waals surface area (Å²) in [4.78, 5) is 11.8. The minimum atomic E-state index is -0.0540. The summed E-state index contributed by atoms with van der Waals surface area (Å²) in [6.45, 7) is 13.9. The molecule has 4 rings (SSSR count). The van der Waals surface area contributed by atoms with Crippen molar-refractivity contribution in [1.82, 2.24) is 24.6 Å². The van der Waals surface area contributed by atoms with E-state index >= 15 is 0 Å². The number of hydrogen-bond donors (Lipinski definition) is 1. The highest BCUT2D eigenvalue weighted by Gasteiger charge is 2.25. The molecule has 7 heteroatoms. The van der Waals surface area contributed by atoms with Gasteiger partial charge in [0.25, 0.3) is 0 Å². The third kappa shape index (κ3) is 4.94. The van der Waals surface area contributed by atoms with Crippen molar-refractivity contribution in [2.45, 2.75) is 53.3 Å². The molecule has 164 valence electrons. The molecular weight excluding hydrogens is 388 g/mol. The Bertz CT molecular complexity index is 1040. The standard InChI is InChI=1S/C24H32N6O/c1-16(2)30-19(5)20(18(4)28-30)14-29-12-13-31-22(15-29)21-9-7-11-24(26-21)27-23-10-6-8-17(3)25-23/h6-11,16,22H,12-15H2,1-5H3,(H,25,26,27)/t22-/m0/s1. The van der Waals surface area contributed by atoms with Gasteiger partial charge in [-0.1, -0.05) is 12.1 Å². The van der Waals surface area contributed by atoms with Gasteiger partial charge in [0.1, 0.15) is 17.7 Å². The van der Waals surface area contributed by atoms with Gasteiger partial charge < -0.3 is 10.1 Å². The molecule has 0 saturated carbocycles. The van der Waals surface area contributed by atoms with Gasteiger partial charge in [-0.15, -0.1) is 0 Å². The van der Waals surface area contributed by atoms with E-state index in [9.17, 15) is 0 Å². The van der Waals surface area contributed by atoms with E-state index in [1.807, 2.05) is 43.3 Å². The van der Waals surface area contributed by atoms with E-state index in [1.54, 1.807) is 0 Å². The Morgan fingerprint density at radius 3 is 2.52 bits per heavy atom. The largest absolute Gasteiger partial charge is 0.369 e. The SMILES string of the molecule is Cc1cccc(Nc2cccc([C@@H]3CN(Cc4c(C)nn(C(C)C)c4C)CCO3)n2)n1. The summed E-state index contributed by atoms with van der Waals surface area (Å²) in [6, 6.07) is 12.3. The highest BCUT2D eigenvalue weighted by Crippen LogP contribution is 2.26. The molecule has 0 spiro atoms. The summed E-state index contributed by atoms with van der Waals surface area (Å²) < 4.78 is 8.22. The zero-order valence-corrected chi connectivity index (χ0v) is 19.1. The normalized spacial score (nSPS) is 17.3. The maximum atomic E-state index is 6.09. The van der Waals surface area contributed by atoms with Gasteiger partial charge in [0.15, 0.2) is 0 Å². The van der Waals surface area contributed by atoms with E-state index in [-0.39, 0.29) is 6.10 Å². The van der Waals surface area contributed by atoms with E-state index < -0.39 is 0 Å². The molecule has 0 aromatic carbocycles. The lowest BCUT2D eigenvalue weighted by atomic mass is 10.1. The molecule has 4 heterocycles. The van der Waals surface area contributed by atoms with Crippen molar-refractivity contribution in [3.05, 3.63) is 64.7 Å². The quantitative estimate of drug-likeness (QED) is 0.633. The van der Waals surface area contributed by atoms with Crippen LogP contribution in [-0.4, -0.2) is 44.3 Å². The van der Waals surface area contributed by atoms with Crippen LogP contribution in [0, 0.1) is 20.8 Å². The molecule has 0 aliphatic carbocycles. The minimum Gasteiger partial charge on any atom is -0.369 e. The van der Waals surface area contributed by atoms with Gasteiger partial charge in [0.2, 0.25) is 0 Å². The third-order valence-electron chi connectivity index (χ3n) is 5.74. The predicted octanol–water partition coefficient (Wildman–Crippen LogP) is 4.50. The molecule has 1 atom stereocenters. The average molecular weight is 421 g/mol. The number of aromatic nitrogens is 4. The molecule has 1 aliphatic rings. The maximum absolute atomic E-state index is 6.09. The lowest BCUT2D eigenvalue weighted by Crippen LogP contribution is -2.38. The number of nitrogens with zero attached hydrogens (tertiary/aromatic N) is 5. The lowest BCUT2D eigenvalue weighted by molar-refractivity contribution is -0.0350. The minimum absolute atomic E-state index is 0.0540. The smallest absolute Gasteiger partial charge is 0.131 e. The van der Waals surface area contributed by atoms with Gasteiger partial charge in [-0.25, -0.2) is 9.97 Å². The summed E-state index contributed by atoms with van der Waals surface area (Å²) in [7, 11) is 0. The van der Waals surface area contributed by atoms with Crippen LogP contribution in [0.5, 0.6) is 0 Å². The topological polar surface area (TPSA) is 68.1 Å². The van der Waals surface area contributed by atoms with Crippen LogP contribution in [0.25, 0.3) is 0 Å². The first kappa shape index (κ1) is 21.5. The Hall–Kier alpha value is -2.77. The van der Waals surface area contributed by atoms with Crippen molar-refractivity contribution in [3.8, 4) is 0 Å². The van der Waals surface area contributed by atoms with Crippen LogP contribution in [0.2, 0.25) is 0 Å². The van der Waals surface area contributed by atoms with Crippen LogP contribution in [0.4, 0.5) is 11.6 Å². The summed E-state index contributed by atoms with van der Waals surface area (Å²) >= 11 is 0. The second kappa shape index (κ2) is 9.16. The van der Waals surface area contributed by atoms with E-state index in [2.05, 4.69) is 47.6 Å². The zero-order chi connectivity index (χ0) is 22.0. The summed E-state index contributed by atoms with van der Waals surface area (Å²) in [5.74, 6) is 1.57. The number of rotatable bonds is 6. The number of anilines is 2. The first-order valence-corrected chi connectivity index (χ1v) is 11.0. The number of morpholine rings is 1. The first-order chi connectivity index (χ1) is 14.9. The van der Waals surface area contributed by atoms with E-state index in [0.717, 1.165) is 48.4 Å². The molecule has 1 N–H and O–H groups in total. The van der Waals surface area contributed by atoms with Crippen LogP contribution in [-0.2, 0) is 11.3 Å². The molecule has 3 aromatic heterocycles. The fourth-order valence-electron chi connectivity index (χ4n) is 4.12. The third-order valence-corrected chi connectivity index (χ3v) is 5.74. The van der Waals surface area contributed by atoms with Crippen molar-refractivity contribution in [1.29, 1.82) is 0 Å². The van der Waals surface area contributed by atoms with Crippen molar-refractivity contribution in [3.63, 3.8) is 0 Å². The molecule has 1 aliphatic heterocycles. The van der Waals surface area contributed by atoms with Crippen LogP contribution in [0.15, 0.2) is 36.4 Å². The van der Waals surface area contributed by atoms with Crippen LogP contribution in [0.1, 0.15) is 54.3 Å². The number of hydrogen-bond acceptors (Lipinski definition) is 6. The monoisotopic (exact) mass is 420 g/mol. The van der Waals surface area contributed by atoms with Crippen molar-refractivity contribution in [2.24, 2.45) is 0 Å². The van der Waals surface area contributed by atoms with Gasteiger partial charge in [-0.05, 0) is 58.9 Å². The Morgan fingerprint density at radius 1 is 1.06 bits per heavy atom. The van der Waals surface area contributed by atoms with Gasteiger partial charge in [-0.2, -0.15) is 5.10 Å². The fraction of sp³-hybridized carbons (Fsp3) is 0.458. The summed E-state index contributed by atoms with van der Waals surface area (Å²) in [5.41, 5.74) is 5.60. The number of nitrogens with one attached hydrogen (secondary N) is 1. The zero-order valence-electron chi connectivity index (χ0n) is 19.1. The Balaban J connectivity index is 1.47. The molecule has 0 bridgehead atoms. The van der Waals surface area contributed by atoms with E-state index in [0.29, 0.717) is 12.6 Å². The number of aryl methyl sites for hydroxylation is 2. The number of ether oxygens (including phenoxy) is 1. The second-order valence-electron chi connectivity index (χ2n) is 8.52. The Kier molecular flexibility index (Phi) is 6.34. The molecule has 0 amide bonds. The first-order valence-electron chi connectivity index (χ1n) is 11.0. The van der Waals surface area contributed by atoms with Crippen LogP contribution < -0.4 is 5.32 Å². The molecule has 31 heavy (non-hydrogen) atoms. The van der Waals surface area contributed by atoms with Crippen LogP contribution in [0.3, 0.4) is 0 Å². The molecule has 7 nitrogen and oxygen atoms in total. The predicted molar refractivity (Wildman–Crippen MR) is 123 cm³/mol. The Labute approximate surface area is 184 Å². The fourth-order valence-corrected chi connectivity index (χ4v) is 4.12. The highest BCUT2D eigenvalue weighted by molar-refractivity contribution is 5.51. The summed E-state index contributed by atoms with van der Waals surface area (Å²) in [5, 5.41) is 8.04. The van der Waals surface area contributed by atoms with Gasteiger partial charge >= 0.3 is 0 Å². The van der Waals surface area contributed by atoms with Gasteiger partial charge in [0.05, 0.1) is 18.0 Å². The summed E-state index contributed by atoms with van der Waals surface area (Å²) in [6.07, 6.45) is -0.0540. The van der Waals surface area contributed by atoms with E-state index in [1.165, 1.54) is 11.3 Å². The van der Waals surface area contributed by atoms with Gasteiger partial charge in [0, 0.05) is 42.6 Å². The van der Waals surface area contributed by atoms with Crippen molar-refractivity contribution in [2.75, 3.05) is 25.0 Å². The molecular formula is C24H32N6O.